The molecule has 1 fully saturated rings. The molecule has 0 aromatic heterocycles. The van der Waals surface area contributed by atoms with Gasteiger partial charge in [-0.15, -0.1) is 0 Å². The predicted molar refractivity (Wildman–Crippen MR) is 57.9 cm³/mol. The van der Waals surface area contributed by atoms with E-state index in [-0.39, 0.29) is 17.7 Å². The summed E-state index contributed by atoms with van der Waals surface area (Å²) in [4.78, 5) is 10.9. The molecule has 6 heteroatoms. The first-order valence-electron chi connectivity index (χ1n) is 5.30. The van der Waals surface area contributed by atoms with Gasteiger partial charge in [0.25, 0.3) is 0 Å². The molecule has 0 aromatic carbocycles. The van der Waals surface area contributed by atoms with E-state index in [1.807, 2.05) is 6.92 Å². The second kappa shape index (κ2) is 5.46. The van der Waals surface area contributed by atoms with Crippen LogP contribution in [0.2, 0.25) is 0 Å². The number of hydrogen-bond donors (Lipinski definition) is 2. The number of carbonyl (C=O) groups is 1. The molecule has 5 nitrogen and oxygen atoms in total. The van der Waals surface area contributed by atoms with E-state index in [9.17, 15) is 13.2 Å². The Labute approximate surface area is 90.7 Å². The van der Waals surface area contributed by atoms with Gasteiger partial charge in [-0.25, -0.2) is 13.1 Å². The van der Waals surface area contributed by atoms with Crippen molar-refractivity contribution in [3.05, 3.63) is 0 Å². The van der Waals surface area contributed by atoms with Gasteiger partial charge in [-0.1, -0.05) is 13.3 Å². The van der Waals surface area contributed by atoms with E-state index < -0.39 is 10.0 Å². The van der Waals surface area contributed by atoms with Crippen LogP contribution < -0.4 is 10.0 Å². The van der Waals surface area contributed by atoms with Crippen LogP contribution in [0.4, 0.5) is 0 Å². The zero-order chi connectivity index (χ0) is 11.3. The lowest BCUT2D eigenvalue weighted by Crippen LogP contribution is -2.39. The summed E-state index contributed by atoms with van der Waals surface area (Å²) in [5.74, 6) is 0.178. The van der Waals surface area contributed by atoms with Gasteiger partial charge in [0, 0.05) is 19.0 Å². The van der Waals surface area contributed by atoms with Crippen molar-refractivity contribution in [2.75, 3.05) is 12.3 Å². The fraction of sp³-hybridized carbons (Fsp3) is 0.889. The van der Waals surface area contributed by atoms with Crippen molar-refractivity contribution in [3.63, 3.8) is 0 Å². The van der Waals surface area contributed by atoms with Gasteiger partial charge >= 0.3 is 0 Å². The molecule has 0 aliphatic carbocycles. The van der Waals surface area contributed by atoms with Crippen molar-refractivity contribution in [2.24, 2.45) is 0 Å². The highest BCUT2D eigenvalue weighted by Crippen LogP contribution is 2.05. The minimum absolute atomic E-state index is 0.00718. The third-order valence-electron chi connectivity index (χ3n) is 2.40. The largest absolute Gasteiger partial charge is 0.352 e. The standard InChI is InChI=1S/C9H18N2O3S/c1-2-3-6-15(13,14)10-7-8-4-5-9(12)11-8/h8,10H,2-7H2,1H3,(H,11,12). The Balaban J connectivity index is 2.27. The van der Waals surface area contributed by atoms with E-state index in [2.05, 4.69) is 10.0 Å². The molecule has 1 saturated heterocycles. The second-order valence-electron chi connectivity index (χ2n) is 3.82. The molecular weight excluding hydrogens is 216 g/mol. The quantitative estimate of drug-likeness (QED) is 0.678. The van der Waals surface area contributed by atoms with Crippen LogP contribution in [0, 0.1) is 0 Å². The molecule has 1 heterocycles. The first-order chi connectivity index (χ1) is 7.03. The molecule has 1 unspecified atom stereocenters. The summed E-state index contributed by atoms with van der Waals surface area (Å²) in [6.07, 6.45) is 2.75. The lowest BCUT2D eigenvalue weighted by Gasteiger charge is -2.11. The second-order valence-corrected chi connectivity index (χ2v) is 5.75. The topological polar surface area (TPSA) is 75.3 Å². The smallest absolute Gasteiger partial charge is 0.220 e. The van der Waals surface area contributed by atoms with Gasteiger partial charge in [0.15, 0.2) is 0 Å². The molecular formula is C9H18N2O3S. The molecule has 88 valence electrons. The lowest BCUT2D eigenvalue weighted by molar-refractivity contribution is -0.119. The molecule has 1 rings (SSSR count). The highest BCUT2D eigenvalue weighted by molar-refractivity contribution is 7.89. The number of unbranched alkanes of at least 4 members (excludes halogenated alkanes) is 1. The third-order valence-corrected chi connectivity index (χ3v) is 3.83. The Hall–Kier alpha value is -0.620. The van der Waals surface area contributed by atoms with Gasteiger partial charge in [-0.05, 0) is 12.8 Å². The van der Waals surface area contributed by atoms with E-state index in [0.717, 1.165) is 12.8 Å². The van der Waals surface area contributed by atoms with Crippen molar-refractivity contribution in [3.8, 4) is 0 Å². The molecule has 0 bridgehead atoms. The lowest BCUT2D eigenvalue weighted by atomic mass is 10.2. The number of nitrogens with one attached hydrogen (secondary N) is 2. The molecule has 2 N–H and O–H groups in total. The maximum atomic E-state index is 11.4. The Morgan fingerprint density at radius 1 is 1.53 bits per heavy atom. The van der Waals surface area contributed by atoms with Gasteiger partial charge in [0.1, 0.15) is 0 Å². The summed E-state index contributed by atoms with van der Waals surface area (Å²) in [5, 5.41) is 2.72. The first-order valence-corrected chi connectivity index (χ1v) is 6.95. The molecule has 1 amide bonds. The number of hydrogen-bond acceptors (Lipinski definition) is 3. The summed E-state index contributed by atoms with van der Waals surface area (Å²) in [6.45, 7) is 2.27. The number of amides is 1. The summed E-state index contributed by atoms with van der Waals surface area (Å²) in [7, 11) is -3.15. The number of sulfonamides is 1. The van der Waals surface area contributed by atoms with Gasteiger partial charge in [-0.2, -0.15) is 0 Å². The summed E-state index contributed by atoms with van der Waals surface area (Å²) < 4.78 is 25.3. The molecule has 15 heavy (non-hydrogen) atoms. The van der Waals surface area contributed by atoms with Crippen LogP contribution in [0.5, 0.6) is 0 Å². The molecule has 0 spiro atoms. The van der Waals surface area contributed by atoms with Crippen molar-refractivity contribution in [1.29, 1.82) is 0 Å². The zero-order valence-electron chi connectivity index (χ0n) is 8.95. The van der Waals surface area contributed by atoms with E-state index >= 15 is 0 Å². The van der Waals surface area contributed by atoms with Crippen molar-refractivity contribution >= 4 is 15.9 Å². The van der Waals surface area contributed by atoms with Crippen LogP contribution in [-0.4, -0.2) is 32.7 Å². The van der Waals surface area contributed by atoms with E-state index in [4.69, 9.17) is 0 Å². The van der Waals surface area contributed by atoms with E-state index in [1.165, 1.54) is 0 Å². The Kier molecular flexibility index (Phi) is 4.53. The Morgan fingerprint density at radius 3 is 2.80 bits per heavy atom. The van der Waals surface area contributed by atoms with Gasteiger partial charge < -0.3 is 5.32 Å². The predicted octanol–water partition coefficient (Wildman–Crippen LogP) is -0.0155. The Bertz CT molecular complexity index is 313. The summed E-state index contributed by atoms with van der Waals surface area (Å²) in [6, 6.07) is -0.0334. The van der Waals surface area contributed by atoms with Crippen LogP contribution >= 0.6 is 0 Å². The number of carbonyl (C=O) groups excluding carboxylic acids is 1. The van der Waals surface area contributed by atoms with Gasteiger partial charge in [0.05, 0.1) is 5.75 Å². The maximum absolute atomic E-state index is 11.4. The highest BCUT2D eigenvalue weighted by atomic mass is 32.2. The zero-order valence-corrected chi connectivity index (χ0v) is 9.77. The summed E-state index contributed by atoms with van der Waals surface area (Å²) in [5.41, 5.74) is 0. The fourth-order valence-corrected chi connectivity index (χ4v) is 2.73. The van der Waals surface area contributed by atoms with Crippen LogP contribution in [0.1, 0.15) is 32.6 Å². The molecule has 1 aliphatic heterocycles. The maximum Gasteiger partial charge on any atom is 0.220 e. The van der Waals surface area contributed by atoms with Crippen LogP contribution in [0.15, 0.2) is 0 Å². The Morgan fingerprint density at radius 2 is 2.27 bits per heavy atom. The molecule has 0 aromatic rings. The van der Waals surface area contributed by atoms with E-state index in [1.54, 1.807) is 0 Å². The van der Waals surface area contributed by atoms with Crippen molar-refractivity contribution < 1.29 is 13.2 Å². The third kappa shape index (κ3) is 4.61. The van der Waals surface area contributed by atoms with Crippen LogP contribution in [-0.2, 0) is 14.8 Å². The van der Waals surface area contributed by atoms with E-state index in [0.29, 0.717) is 19.4 Å². The fourth-order valence-electron chi connectivity index (χ4n) is 1.46. The average molecular weight is 234 g/mol. The van der Waals surface area contributed by atoms with Crippen molar-refractivity contribution in [2.45, 2.75) is 38.6 Å². The number of rotatable bonds is 6. The monoisotopic (exact) mass is 234 g/mol. The highest BCUT2D eigenvalue weighted by Gasteiger charge is 2.22. The minimum atomic E-state index is -3.15. The average Bonchev–Trinajstić information content (AvgIpc) is 2.59. The van der Waals surface area contributed by atoms with Crippen LogP contribution in [0.3, 0.4) is 0 Å². The first kappa shape index (κ1) is 12.4. The van der Waals surface area contributed by atoms with Crippen LogP contribution in [0.25, 0.3) is 0 Å². The minimum Gasteiger partial charge on any atom is -0.352 e. The molecule has 1 atom stereocenters. The van der Waals surface area contributed by atoms with Gasteiger partial charge in [0.2, 0.25) is 15.9 Å². The normalized spacial score (nSPS) is 21.7. The SMILES string of the molecule is CCCCS(=O)(=O)NCC1CCC(=O)N1. The summed E-state index contributed by atoms with van der Waals surface area (Å²) >= 11 is 0. The molecule has 0 radical (unpaired) electrons. The molecule has 1 aliphatic rings. The van der Waals surface area contributed by atoms with Crippen molar-refractivity contribution in [1.82, 2.24) is 10.0 Å². The van der Waals surface area contributed by atoms with Gasteiger partial charge in [-0.3, -0.25) is 4.79 Å². The molecule has 0 saturated carbocycles.